The lowest BCUT2D eigenvalue weighted by Crippen LogP contribution is -2.38. The third kappa shape index (κ3) is 4.02. The number of carbonyl (C=O) groups excluding carboxylic acids is 2. The minimum atomic E-state index is -0.638. The van der Waals surface area contributed by atoms with E-state index in [0.29, 0.717) is 18.7 Å². The van der Waals surface area contributed by atoms with Crippen LogP contribution in [0.25, 0.3) is 5.76 Å². The Labute approximate surface area is 189 Å². The van der Waals surface area contributed by atoms with Gasteiger partial charge in [0.2, 0.25) is 0 Å². The largest absolute Gasteiger partial charge is 0.507 e. The van der Waals surface area contributed by atoms with Crippen LogP contribution in [0.3, 0.4) is 0 Å². The predicted molar refractivity (Wildman–Crippen MR) is 123 cm³/mol. The second kappa shape index (κ2) is 9.17. The lowest BCUT2D eigenvalue weighted by molar-refractivity contribution is -0.140. The number of aliphatic hydroxyl groups is 1. The fourth-order valence-electron chi connectivity index (χ4n) is 4.61. The molecule has 2 unspecified atom stereocenters. The van der Waals surface area contributed by atoms with Gasteiger partial charge in [0.1, 0.15) is 17.6 Å². The highest BCUT2D eigenvalue weighted by atomic mass is 16.5. The van der Waals surface area contributed by atoms with E-state index in [-0.39, 0.29) is 17.4 Å². The number of ketones is 1. The lowest BCUT2D eigenvalue weighted by Gasteiger charge is -2.28. The van der Waals surface area contributed by atoms with Gasteiger partial charge in [0, 0.05) is 25.1 Å². The topological polar surface area (TPSA) is 70.1 Å². The van der Waals surface area contributed by atoms with Crippen LogP contribution in [0.2, 0.25) is 0 Å². The molecule has 2 aromatic rings. The summed E-state index contributed by atoms with van der Waals surface area (Å²) in [5.74, 6) is -0.537. The van der Waals surface area contributed by atoms with Crippen molar-refractivity contribution in [3.8, 4) is 5.75 Å². The number of aliphatic hydroxyl groups excluding tert-OH is 1. The van der Waals surface area contributed by atoms with Crippen molar-refractivity contribution in [2.75, 3.05) is 26.2 Å². The van der Waals surface area contributed by atoms with Gasteiger partial charge >= 0.3 is 0 Å². The number of rotatable bonds is 7. The molecule has 1 saturated heterocycles. The summed E-state index contributed by atoms with van der Waals surface area (Å²) in [5.41, 5.74) is 2.48. The average molecular weight is 435 g/mol. The molecular weight excluding hydrogens is 404 g/mol. The Balaban J connectivity index is 1.76. The van der Waals surface area contributed by atoms with Crippen molar-refractivity contribution >= 4 is 17.4 Å². The van der Waals surface area contributed by atoms with E-state index in [1.54, 1.807) is 11.0 Å². The molecule has 32 heavy (non-hydrogen) atoms. The standard InChI is InChI=1S/C26H30N2O4/c1-4-27(5-2)13-14-28-23(18-9-7-6-8-10-18)22(25(30)26(28)31)24(29)19-11-12-21-20(16-19)15-17(3)32-21/h6-12,16-17,23,29H,4-5,13-15H2,1-3H3/b24-22-. The number of likely N-dealkylation sites (tertiary alicyclic amines) is 1. The number of carbonyl (C=O) groups is 2. The molecule has 1 N–H and O–H groups in total. The number of hydrogen-bond acceptors (Lipinski definition) is 5. The van der Waals surface area contributed by atoms with E-state index < -0.39 is 17.7 Å². The highest BCUT2D eigenvalue weighted by Crippen LogP contribution is 2.40. The number of nitrogens with zero attached hydrogens (tertiary/aromatic N) is 2. The Morgan fingerprint density at radius 1 is 1.12 bits per heavy atom. The number of benzene rings is 2. The number of amides is 1. The molecule has 2 aromatic carbocycles. The molecule has 168 valence electrons. The number of fused-ring (bicyclic) bond motifs is 1. The minimum Gasteiger partial charge on any atom is -0.507 e. The minimum absolute atomic E-state index is 0.0809. The van der Waals surface area contributed by atoms with Crippen LogP contribution in [0.15, 0.2) is 54.1 Å². The third-order valence-corrected chi connectivity index (χ3v) is 6.38. The van der Waals surface area contributed by atoms with E-state index in [2.05, 4.69) is 18.7 Å². The molecule has 0 spiro atoms. The molecule has 4 rings (SSSR count). The third-order valence-electron chi connectivity index (χ3n) is 6.38. The second-order valence-corrected chi connectivity index (χ2v) is 8.39. The normalized spacial score (nSPS) is 21.8. The zero-order valence-electron chi connectivity index (χ0n) is 18.9. The van der Waals surface area contributed by atoms with E-state index in [4.69, 9.17) is 4.74 Å². The van der Waals surface area contributed by atoms with Crippen LogP contribution in [-0.4, -0.2) is 58.9 Å². The van der Waals surface area contributed by atoms with Crippen LogP contribution in [-0.2, 0) is 16.0 Å². The SMILES string of the molecule is CCN(CC)CCN1C(=O)C(=O)/C(=C(\O)c2ccc3c(c2)CC(C)O3)C1c1ccccc1. The van der Waals surface area contributed by atoms with Crippen molar-refractivity contribution in [3.63, 3.8) is 0 Å². The van der Waals surface area contributed by atoms with Gasteiger partial charge in [-0.15, -0.1) is 0 Å². The Hall–Kier alpha value is -3.12. The van der Waals surface area contributed by atoms with Gasteiger partial charge in [-0.05, 0) is 49.3 Å². The molecule has 2 atom stereocenters. The van der Waals surface area contributed by atoms with Crippen LogP contribution < -0.4 is 4.74 Å². The molecular formula is C26H30N2O4. The Bertz CT molecular complexity index is 1040. The van der Waals surface area contributed by atoms with Gasteiger partial charge in [-0.2, -0.15) is 0 Å². The van der Waals surface area contributed by atoms with Crippen molar-refractivity contribution in [2.24, 2.45) is 0 Å². The van der Waals surface area contributed by atoms with Crippen LogP contribution in [0.1, 0.15) is 43.5 Å². The first kappa shape index (κ1) is 22.1. The molecule has 1 amide bonds. The molecule has 0 saturated carbocycles. The summed E-state index contributed by atoms with van der Waals surface area (Å²) in [5, 5.41) is 11.3. The van der Waals surface area contributed by atoms with Crippen LogP contribution in [0, 0.1) is 0 Å². The maximum Gasteiger partial charge on any atom is 0.295 e. The Morgan fingerprint density at radius 2 is 1.84 bits per heavy atom. The second-order valence-electron chi connectivity index (χ2n) is 8.39. The van der Waals surface area contributed by atoms with E-state index >= 15 is 0 Å². The fraction of sp³-hybridized carbons (Fsp3) is 0.385. The molecule has 0 aromatic heterocycles. The van der Waals surface area contributed by atoms with Gasteiger partial charge in [0.15, 0.2) is 0 Å². The zero-order valence-corrected chi connectivity index (χ0v) is 18.9. The van der Waals surface area contributed by atoms with Gasteiger partial charge in [-0.1, -0.05) is 44.2 Å². The van der Waals surface area contributed by atoms with Crippen molar-refractivity contribution < 1.29 is 19.4 Å². The molecule has 1 fully saturated rings. The van der Waals surface area contributed by atoms with Gasteiger partial charge in [0.05, 0.1) is 11.6 Å². The summed E-state index contributed by atoms with van der Waals surface area (Å²) >= 11 is 0. The summed E-state index contributed by atoms with van der Waals surface area (Å²) in [7, 11) is 0. The first-order valence-corrected chi connectivity index (χ1v) is 11.3. The number of hydrogen-bond donors (Lipinski definition) is 1. The molecule has 2 heterocycles. The predicted octanol–water partition coefficient (Wildman–Crippen LogP) is 3.77. The van der Waals surface area contributed by atoms with Gasteiger partial charge < -0.3 is 19.6 Å². The van der Waals surface area contributed by atoms with Gasteiger partial charge in [-0.3, -0.25) is 9.59 Å². The summed E-state index contributed by atoms with van der Waals surface area (Å²) in [6, 6.07) is 14.3. The fourth-order valence-corrected chi connectivity index (χ4v) is 4.61. The quantitative estimate of drug-likeness (QED) is 0.408. The zero-order chi connectivity index (χ0) is 22.8. The summed E-state index contributed by atoms with van der Waals surface area (Å²) in [6.07, 6.45) is 0.828. The van der Waals surface area contributed by atoms with Gasteiger partial charge in [0.25, 0.3) is 11.7 Å². The Kier molecular flexibility index (Phi) is 6.33. The van der Waals surface area contributed by atoms with Crippen molar-refractivity contribution in [1.82, 2.24) is 9.80 Å². The maximum atomic E-state index is 13.1. The number of likely N-dealkylation sites (N-methyl/N-ethyl adjacent to an activating group) is 1. The lowest BCUT2D eigenvalue weighted by atomic mass is 9.94. The molecule has 0 bridgehead atoms. The summed E-state index contributed by atoms with van der Waals surface area (Å²) in [6.45, 7) is 8.96. The Morgan fingerprint density at radius 3 is 2.53 bits per heavy atom. The van der Waals surface area contributed by atoms with Crippen LogP contribution in [0.5, 0.6) is 5.75 Å². The molecule has 0 aliphatic carbocycles. The van der Waals surface area contributed by atoms with E-state index in [9.17, 15) is 14.7 Å². The van der Waals surface area contributed by atoms with E-state index in [1.165, 1.54) is 0 Å². The van der Waals surface area contributed by atoms with Crippen LogP contribution in [0.4, 0.5) is 0 Å². The molecule has 0 radical (unpaired) electrons. The van der Waals surface area contributed by atoms with Gasteiger partial charge in [-0.25, -0.2) is 0 Å². The first-order valence-electron chi connectivity index (χ1n) is 11.3. The maximum absolute atomic E-state index is 13.1. The average Bonchev–Trinajstić information content (AvgIpc) is 3.30. The summed E-state index contributed by atoms with van der Waals surface area (Å²) < 4.78 is 5.76. The highest BCUT2D eigenvalue weighted by Gasteiger charge is 2.46. The van der Waals surface area contributed by atoms with E-state index in [0.717, 1.165) is 36.4 Å². The number of ether oxygens (including phenoxy) is 1. The monoisotopic (exact) mass is 434 g/mol. The first-order chi connectivity index (χ1) is 15.4. The smallest absolute Gasteiger partial charge is 0.295 e. The highest BCUT2D eigenvalue weighted by molar-refractivity contribution is 6.46. The molecule has 2 aliphatic rings. The van der Waals surface area contributed by atoms with Crippen LogP contribution >= 0.6 is 0 Å². The van der Waals surface area contributed by atoms with Crippen molar-refractivity contribution in [1.29, 1.82) is 0 Å². The van der Waals surface area contributed by atoms with E-state index in [1.807, 2.05) is 49.4 Å². The van der Waals surface area contributed by atoms with Crippen molar-refractivity contribution in [3.05, 3.63) is 70.8 Å². The summed E-state index contributed by atoms with van der Waals surface area (Å²) in [4.78, 5) is 30.0. The number of Topliss-reactive ketones (excluding diaryl/α,β-unsaturated/α-hetero) is 1. The molecule has 6 heteroatoms. The van der Waals surface area contributed by atoms with Crippen molar-refractivity contribution in [2.45, 2.75) is 39.3 Å². The molecule has 2 aliphatic heterocycles. The molecule has 6 nitrogen and oxygen atoms in total.